The molecule has 27 heavy (non-hydrogen) atoms. The lowest BCUT2D eigenvalue weighted by Crippen LogP contribution is -2.12. The Morgan fingerprint density at radius 3 is 2.30 bits per heavy atom. The molecule has 0 saturated heterocycles. The molecule has 132 valence electrons. The summed E-state index contributed by atoms with van der Waals surface area (Å²) in [6, 6.07) is 23.7. The van der Waals surface area contributed by atoms with Crippen LogP contribution < -0.4 is 11.1 Å². The fraction of sp³-hybridized carbons (Fsp3) is 0. The van der Waals surface area contributed by atoms with Gasteiger partial charge in [0, 0.05) is 16.7 Å². The Kier molecular flexibility index (Phi) is 4.37. The van der Waals surface area contributed by atoms with Crippen LogP contribution in [0.2, 0.25) is 0 Å². The number of hydrogen-bond donors (Lipinski definition) is 2. The highest BCUT2D eigenvalue weighted by Crippen LogP contribution is 2.23. The number of anilines is 2. The zero-order valence-electron chi connectivity index (χ0n) is 14.3. The molecule has 0 radical (unpaired) electrons. The molecule has 0 atom stereocenters. The van der Waals surface area contributed by atoms with Crippen molar-refractivity contribution in [2.24, 2.45) is 0 Å². The zero-order chi connectivity index (χ0) is 18.6. The predicted molar refractivity (Wildman–Crippen MR) is 104 cm³/mol. The van der Waals surface area contributed by atoms with Gasteiger partial charge in [-0.05, 0) is 36.4 Å². The zero-order valence-corrected chi connectivity index (χ0v) is 14.3. The van der Waals surface area contributed by atoms with E-state index >= 15 is 0 Å². The third-order valence-electron chi connectivity index (χ3n) is 4.06. The molecule has 1 heterocycles. The summed E-state index contributed by atoms with van der Waals surface area (Å²) in [4.78, 5) is 16.8. The number of nitrogens with two attached hydrogens (primary N) is 1. The third-order valence-corrected chi connectivity index (χ3v) is 4.06. The Bertz CT molecular complexity index is 1070. The van der Waals surface area contributed by atoms with Crippen molar-refractivity contribution >= 4 is 17.3 Å². The summed E-state index contributed by atoms with van der Waals surface area (Å²) in [5.74, 6) is 0.678. The highest BCUT2D eigenvalue weighted by molar-refractivity contribution is 6.05. The average Bonchev–Trinajstić information content (AvgIpc) is 3.21. The lowest BCUT2D eigenvalue weighted by atomic mass is 10.1. The molecule has 4 rings (SSSR count). The van der Waals surface area contributed by atoms with E-state index in [1.165, 1.54) is 0 Å². The van der Waals surface area contributed by atoms with Crippen molar-refractivity contribution in [2.75, 3.05) is 11.1 Å². The number of rotatable bonds is 4. The Morgan fingerprint density at radius 1 is 0.852 bits per heavy atom. The molecule has 1 aromatic heterocycles. The minimum absolute atomic E-state index is 0.238. The Labute approximate surface area is 155 Å². The molecule has 3 N–H and O–H groups in total. The standard InChI is InChI=1S/C21H16N4O2/c22-17-8-4-5-9-18(17)23-20(26)15-12-10-14(11-13-15)19-24-21(27-25-19)16-6-2-1-3-7-16/h1-13H,22H2,(H,23,26). The molecule has 0 spiro atoms. The maximum absolute atomic E-state index is 12.4. The van der Waals surface area contributed by atoms with Gasteiger partial charge in [0.15, 0.2) is 0 Å². The van der Waals surface area contributed by atoms with Crippen LogP contribution in [0.1, 0.15) is 10.4 Å². The number of para-hydroxylation sites is 2. The number of nitrogens with one attached hydrogen (secondary N) is 1. The van der Waals surface area contributed by atoms with E-state index in [-0.39, 0.29) is 5.91 Å². The van der Waals surface area contributed by atoms with Crippen molar-refractivity contribution in [2.45, 2.75) is 0 Å². The summed E-state index contributed by atoms with van der Waals surface area (Å²) >= 11 is 0. The van der Waals surface area contributed by atoms with Crippen molar-refractivity contribution in [3.05, 3.63) is 84.4 Å². The van der Waals surface area contributed by atoms with Gasteiger partial charge in [-0.1, -0.05) is 47.6 Å². The van der Waals surface area contributed by atoms with Gasteiger partial charge in [-0.3, -0.25) is 4.79 Å². The largest absolute Gasteiger partial charge is 0.397 e. The van der Waals surface area contributed by atoms with E-state index < -0.39 is 0 Å². The van der Waals surface area contributed by atoms with Crippen LogP contribution in [0, 0.1) is 0 Å². The Morgan fingerprint density at radius 2 is 1.56 bits per heavy atom. The molecule has 0 saturated carbocycles. The number of amides is 1. The molecular formula is C21H16N4O2. The maximum atomic E-state index is 12.4. The first-order valence-corrected chi connectivity index (χ1v) is 8.36. The number of aromatic nitrogens is 2. The van der Waals surface area contributed by atoms with Crippen LogP contribution in [0.25, 0.3) is 22.8 Å². The minimum atomic E-state index is -0.238. The van der Waals surface area contributed by atoms with E-state index in [1.54, 1.807) is 36.4 Å². The van der Waals surface area contributed by atoms with Crippen molar-refractivity contribution in [3.8, 4) is 22.8 Å². The second-order valence-electron chi connectivity index (χ2n) is 5.91. The van der Waals surface area contributed by atoms with Crippen LogP contribution >= 0.6 is 0 Å². The second-order valence-corrected chi connectivity index (χ2v) is 5.91. The predicted octanol–water partition coefficient (Wildman–Crippen LogP) is 4.24. The fourth-order valence-corrected chi connectivity index (χ4v) is 2.61. The lowest BCUT2D eigenvalue weighted by Gasteiger charge is -2.08. The van der Waals surface area contributed by atoms with E-state index in [2.05, 4.69) is 15.5 Å². The number of carbonyl (C=O) groups excluding carboxylic acids is 1. The average molecular weight is 356 g/mol. The van der Waals surface area contributed by atoms with E-state index in [0.29, 0.717) is 28.7 Å². The van der Waals surface area contributed by atoms with Crippen molar-refractivity contribution in [3.63, 3.8) is 0 Å². The summed E-state index contributed by atoms with van der Waals surface area (Å²) in [7, 11) is 0. The molecule has 0 unspecified atom stereocenters. The van der Waals surface area contributed by atoms with E-state index in [1.807, 2.05) is 42.5 Å². The van der Waals surface area contributed by atoms with Crippen molar-refractivity contribution in [1.82, 2.24) is 10.1 Å². The molecule has 0 aliphatic heterocycles. The SMILES string of the molecule is Nc1ccccc1NC(=O)c1ccc(-c2noc(-c3ccccc3)n2)cc1. The molecule has 3 aromatic carbocycles. The van der Waals surface area contributed by atoms with Gasteiger partial charge in [0.1, 0.15) is 0 Å². The fourth-order valence-electron chi connectivity index (χ4n) is 2.61. The van der Waals surface area contributed by atoms with E-state index in [0.717, 1.165) is 11.1 Å². The highest BCUT2D eigenvalue weighted by Gasteiger charge is 2.12. The molecule has 6 nitrogen and oxygen atoms in total. The van der Waals surface area contributed by atoms with Gasteiger partial charge >= 0.3 is 0 Å². The number of nitrogens with zero attached hydrogens (tertiary/aromatic N) is 2. The normalized spacial score (nSPS) is 10.5. The summed E-state index contributed by atoms with van der Waals surface area (Å²) in [6.45, 7) is 0. The van der Waals surface area contributed by atoms with Gasteiger partial charge < -0.3 is 15.6 Å². The van der Waals surface area contributed by atoms with Gasteiger partial charge in [-0.2, -0.15) is 4.98 Å². The van der Waals surface area contributed by atoms with E-state index in [4.69, 9.17) is 10.3 Å². The van der Waals surface area contributed by atoms with Crippen LogP contribution in [0.5, 0.6) is 0 Å². The number of nitrogen functional groups attached to an aromatic ring is 1. The van der Waals surface area contributed by atoms with Gasteiger partial charge in [-0.15, -0.1) is 0 Å². The summed E-state index contributed by atoms with van der Waals surface area (Å²) < 4.78 is 5.32. The van der Waals surface area contributed by atoms with Gasteiger partial charge in [0.25, 0.3) is 11.8 Å². The monoisotopic (exact) mass is 356 g/mol. The van der Waals surface area contributed by atoms with E-state index in [9.17, 15) is 4.79 Å². The number of carbonyl (C=O) groups is 1. The first-order chi connectivity index (χ1) is 13.2. The van der Waals surface area contributed by atoms with Crippen molar-refractivity contribution in [1.29, 1.82) is 0 Å². The Balaban J connectivity index is 1.52. The molecule has 6 heteroatoms. The molecule has 0 fully saturated rings. The molecule has 0 aliphatic carbocycles. The number of hydrogen-bond acceptors (Lipinski definition) is 5. The van der Waals surface area contributed by atoms with Crippen LogP contribution in [0.3, 0.4) is 0 Å². The molecule has 0 bridgehead atoms. The minimum Gasteiger partial charge on any atom is -0.397 e. The smallest absolute Gasteiger partial charge is 0.258 e. The lowest BCUT2D eigenvalue weighted by molar-refractivity contribution is 0.102. The first kappa shape index (κ1) is 16.5. The third kappa shape index (κ3) is 3.55. The topological polar surface area (TPSA) is 94.0 Å². The molecule has 4 aromatic rings. The maximum Gasteiger partial charge on any atom is 0.258 e. The Hall–Kier alpha value is -3.93. The second kappa shape index (κ2) is 7.13. The summed E-state index contributed by atoms with van der Waals surface area (Å²) in [5.41, 5.74) is 9.08. The van der Waals surface area contributed by atoms with Crippen molar-refractivity contribution < 1.29 is 9.32 Å². The first-order valence-electron chi connectivity index (χ1n) is 8.36. The molecular weight excluding hydrogens is 340 g/mol. The summed E-state index contributed by atoms with van der Waals surface area (Å²) in [5, 5.41) is 6.81. The summed E-state index contributed by atoms with van der Waals surface area (Å²) in [6.07, 6.45) is 0. The van der Waals surface area contributed by atoms with Crippen LogP contribution in [-0.2, 0) is 0 Å². The van der Waals surface area contributed by atoms with Gasteiger partial charge in [0.2, 0.25) is 5.82 Å². The molecule has 1 amide bonds. The molecule has 0 aliphatic rings. The highest BCUT2D eigenvalue weighted by atomic mass is 16.5. The van der Waals surface area contributed by atoms with Crippen LogP contribution in [0.4, 0.5) is 11.4 Å². The number of benzene rings is 3. The quantitative estimate of drug-likeness (QED) is 0.533. The van der Waals surface area contributed by atoms with Gasteiger partial charge in [0.05, 0.1) is 11.4 Å². The van der Waals surface area contributed by atoms with Gasteiger partial charge in [-0.25, -0.2) is 0 Å². The van der Waals surface area contributed by atoms with Crippen LogP contribution in [0.15, 0.2) is 83.4 Å². The van der Waals surface area contributed by atoms with Crippen LogP contribution in [-0.4, -0.2) is 16.0 Å².